The van der Waals surface area contributed by atoms with Gasteiger partial charge in [0.2, 0.25) is 0 Å². The first kappa shape index (κ1) is 10.2. The summed E-state index contributed by atoms with van der Waals surface area (Å²) in [5, 5.41) is 0. The zero-order valence-electron chi connectivity index (χ0n) is 6.14. The Morgan fingerprint density at radius 1 is 1.33 bits per heavy atom. The van der Waals surface area contributed by atoms with Crippen LogP contribution in [0.4, 0.5) is 0 Å². The van der Waals surface area contributed by atoms with Crippen LogP contribution in [0.5, 0.6) is 5.75 Å². The van der Waals surface area contributed by atoms with Gasteiger partial charge in [-0.25, -0.2) is 0 Å². The third-order valence-corrected chi connectivity index (χ3v) is 2.11. The van der Waals surface area contributed by atoms with E-state index in [1.807, 2.05) is 24.3 Å². The second-order valence-corrected chi connectivity index (χ2v) is 4.26. The van der Waals surface area contributed by atoms with Gasteiger partial charge in [-0.3, -0.25) is 0 Å². The minimum atomic E-state index is -0.489. The normalized spacial score (nSPS) is 10.3. The molecule has 0 atom stereocenters. The van der Waals surface area contributed by atoms with Gasteiger partial charge in [0.15, 0.2) is 0 Å². The van der Waals surface area contributed by atoms with Crippen LogP contribution in [-0.4, -0.2) is 11.4 Å². The Labute approximate surface area is 89.7 Å². The SMILES string of the molecule is ClC(Cl)COc1ccccc1Br. The molecule has 1 aromatic carbocycles. The highest BCUT2D eigenvalue weighted by Crippen LogP contribution is 2.24. The fraction of sp³-hybridized carbons (Fsp3) is 0.250. The zero-order chi connectivity index (χ0) is 8.97. The lowest BCUT2D eigenvalue weighted by Crippen LogP contribution is -2.05. The molecule has 66 valence electrons. The Morgan fingerprint density at radius 3 is 2.58 bits per heavy atom. The maximum atomic E-state index is 5.51. The summed E-state index contributed by atoms with van der Waals surface area (Å²) in [5.74, 6) is 0.754. The topological polar surface area (TPSA) is 9.23 Å². The number of alkyl halides is 2. The van der Waals surface area contributed by atoms with Gasteiger partial charge >= 0.3 is 0 Å². The van der Waals surface area contributed by atoms with Gasteiger partial charge in [0, 0.05) is 0 Å². The van der Waals surface area contributed by atoms with E-state index in [1.165, 1.54) is 0 Å². The van der Waals surface area contributed by atoms with Gasteiger partial charge in [-0.15, -0.1) is 23.2 Å². The highest BCUT2D eigenvalue weighted by Gasteiger charge is 2.02. The van der Waals surface area contributed by atoms with Crippen molar-refractivity contribution in [3.05, 3.63) is 28.7 Å². The Balaban J connectivity index is 2.57. The summed E-state index contributed by atoms with van der Waals surface area (Å²) in [6, 6.07) is 7.54. The molecule has 0 saturated heterocycles. The predicted molar refractivity (Wildman–Crippen MR) is 55.1 cm³/mol. The fourth-order valence-corrected chi connectivity index (χ4v) is 1.24. The van der Waals surface area contributed by atoms with Crippen molar-refractivity contribution >= 4 is 39.1 Å². The first-order chi connectivity index (χ1) is 5.70. The van der Waals surface area contributed by atoms with E-state index in [1.54, 1.807) is 0 Å². The van der Waals surface area contributed by atoms with Gasteiger partial charge in [-0.1, -0.05) is 12.1 Å². The highest BCUT2D eigenvalue weighted by atomic mass is 79.9. The summed E-state index contributed by atoms with van der Waals surface area (Å²) < 4.78 is 6.19. The van der Waals surface area contributed by atoms with Crippen molar-refractivity contribution in [3.8, 4) is 5.75 Å². The van der Waals surface area contributed by atoms with E-state index < -0.39 is 4.84 Å². The summed E-state index contributed by atoms with van der Waals surface area (Å²) in [6.07, 6.45) is 0. The van der Waals surface area contributed by atoms with Gasteiger partial charge in [-0.2, -0.15) is 0 Å². The number of para-hydroxylation sites is 1. The molecule has 0 N–H and O–H groups in total. The van der Waals surface area contributed by atoms with E-state index in [0.29, 0.717) is 6.61 Å². The Morgan fingerprint density at radius 2 is 2.00 bits per heavy atom. The molecule has 1 rings (SSSR count). The smallest absolute Gasteiger partial charge is 0.141 e. The van der Waals surface area contributed by atoms with Crippen molar-refractivity contribution in [2.75, 3.05) is 6.61 Å². The summed E-state index contributed by atoms with van der Waals surface area (Å²) in [4.78, 5) is -0.489. The molecule has 0 aliphatic heterocycles. The fourth-order valence-electron chi connectivity index (χ4n) is 0.715. The summed E-state index contributed by atoms with van der Waals surface area (Å²) in [5.41, 5.74) is 0. The third kappa shape index (κ3) is 3.21. The molecule has 0 fully saturated rings. The lowest BCUT2D eigenvalue weighted by molar-refractivity contribution is 0.332. The lowest BCUT2D eigenvalue weighted by atomic mass is 10.3. The largest absolute Gasteiger partial charge is 0.490 e. The highest BCUT2D eigenvalue weighted by molar-refractivity contribution is 9.10. The number of hydrogen-bond acceptors (Lipinski definition) is 1. The van der Waals surface area contributed by atoms with Crippen LogP contribution in [-0.2, 0) is 0 Å². The summed E-state index contributed by atoms with van der Waals surface area (Å²) in [6.45, 7) is 0.297. The van der Waals surface area contributed by atoms with Crippen LogP contribution >= 0.6 is 39.1 Å². The van der Waals surface area contributed by atoms with Crippen LogP contribution in [0.3, 0.4) is 0 Å². The van der Waals surface area contributed by atoms with Crippen molar-refractivity contribution in [3.63, 3.8) is 0 Å². The Hall–Kier alpha value is 0.0800. The monoisotopic (exact) mass is 268 g/mol. The van der Waals surface area contributed by atoms with Gasteiger partial charge in [0.1, 0.15) is 17.2 Å². The average molecular weight is 270 g/mol. The van der Waals surface area contributed by atoms with Crippen molar-refractivity contribution < 1.29 is 4.74 Å². The third-order valence-electron chi connectivity index (χ3n) is 1.20. The Bertz CT molecular complexity index is 253. The number of hydrogen-bond donors (Lipinski definition) is 0. The molecule has 0 aromatic heterocycles. The summed E-state index contributed by atoms with van der Waals surface area (Å²) in [7, 11) is 0. The molecule has 0 unspecified atom stereocenters. The van der Waals surface area contributed by atoms with Gasteiger partial charge in [-0.05, 0) is 28.1 Å². The van der Waals surface area contributed by atoms with E-state index >= 15 is 0 Å². The molecule has 0 aliphatic rings. The number of halogens is 3. The molecule has 0 aliphatic carbocycles. The Kier molecular flexibility index (Phi) is 4.19. The molecule has 0 heterocycles. The van der Waals surface area contributed by atoms with E-state index in [2.05, 4.69) is 15.9 Å². The first-order valence-corrected chi connectivity index (χ1v) is 5.02. The maximum absolute atomic E-state index is 5.51. The van der Waals surface area contributed by atoms with Crippen LogP contribution in [0.1, 0.15) is 0 Å². The minimum Gasteiger partial charge on any atom is -0.490 e. The molecule has 0 saturated carbocycles. The number of ether oxygens (including phenoxy) is 1. The minimum absolute atomic E-state index is 0.297. The molecule has 0 amide bonds. The van der Waals surface area contributed by atoms with E-state index in [4.69, 9.17) is 27.9 Å². The molecule has 12 heavy (non-hydrogen) atoms. The van der Waals surface area contributed by atoms with Gasteiger partial charge in [0.05, 0.1) is 4.47 Å². The predicted octanol–water partition coefficient (Wildman–Crippen LogP) is 3.63. The lowest BCUT2D eigenvalue weighted by Gasteiger charge is -2.07. The van der Waals surface area contributed by atoms with E-state index in [0.717, 1.165) is 10.2 Å². The molecular weight excluding hydrogens is 263 g/mol. The second kappa shape index (κ2) is 4.95. The second-order valence-electron chi connectivity index (χ2n) is 2.13. The molecule has 4 heteroatoms. The van der Waals surface area contributed by atoms with Crippen LogP contribution < -0.4 is 4.74 Å². The number of benzene rings is 1. The molecule has 0 spiro atoms. The van der Waals surface area contributed by atoms with Crippen molar-refractivity contribution in [2.45, 2.75) is 4.84 Å². The first-order valence-electron chi connectivity index (χ1n) is 3.35. The summed E-state index contributed by atoms with van der Waals surface area (Å²) >= 11 is 14.3. The van der Waals surface area contributed by atoms with Gasteiger partial charge < -0.3 is 4.74 Å². The molecule has 0 radical (unpaired) electrons. The van der Waals surface area contributed by atoms with Crippen LogP contribution in [0.2, 0.25) is 0 Å². The van der Waals surface area contributed by atoms with Crippen molar-refractivity contribution in [2.24, 2.45) is 0 Å². The van der Waals surface area contributed by atoms with E-state index in [9.17, 15) is 0 Å². The van der Waals surface area contributed by atoms with Crippen molar-refractivity contribution in [1.29, 1.82) is 0 Å². The molecular formula is C8H7BrCl2O. The quantitative estimate of drug-likeness (QED) is 0.762. The zero-order valence-corrected chi connectivity index (χ0v) is 9.23. The molecule has 1 nitrogen and oxygen atoms in total. The maximum Gasteiger partial charge on any atom is 0.141 e. The molecule has 0 bridgehead atoms. The van der Waals surface area contributed by atoms with Gasteiger partial charge in [0.25, 0.3) is 0 Å². The van der Waals surface area contributed by atoms with E-state index in [-0.39, 0.29) is 0 Å². The van der Waals surface area contributed by atoms with Crippen LogP contribution in [0.25, 0.3) is 0 Å². The number of rotatable bonds is 3. The molecule has 1 aromatic rings. The standard InChI is InChI=1S/C8H7BrCl2O/c9-6-3-1-2-4-7(6)12-5-8(10)11/h1-4,8H,5H2. The van der Waals surface area contributed by atoms with Crippen LogP contribution in [0.15, 0.2) is 28.7 Å². The average Bonchev–Trinajstić information content (AvgIpc) is 2.03. The van der Waals surface area contributed by atoms with Crippen molar-refractivity contribution in [1.82, 2.24) is 0 Å². The van der Waals surface area contributed by atoms with Crippen LogP contribution in [0, 0.1) is 0 Å².